The number of nitrogens with zero attached hydrogens (tertiary/aromatic N) is 1. The minimum absolute atomic E-state index is 0.178. The summed E-state index contributed by atoms with van der Waals surface area (Å²) in [5.74, 6) is 1.02. The maximum absolute atomic E-state index is 12.9. The number of halogens is 1. The lowest BCUT2D eigenvalue weighted by atomic mass is 10.00. The standard InChI is InChI=1S/C18H17BrN2O3S/c1-4-10-12(7-9-24-13(10)5-2)21-18(22)16-14(23-3)11-6-8-20-17(19)15(11)25-16/h4-6,8,12H,1-2,7,9H2,3H3,(H,21,22). The molecule has 2 aromatic rings. The lowest BCUT2D eigenvalue weighted by molar-refractivity contribution is 0.0928. The van der Waals surface area contributed by atoms with E-state index in [1.54, 1.807) is 25.5 Å². The van der Waals surface area contributed by atoms with Crippen molar-refractivity contribution in [3.63, 3.8) is 0 Å². The summed E-state index contributed by atoms with van der Waals surface area (Å²) in [6, 6.07) is 1.66. The molecule has 2 aromatic heterocycles. The number of rotatable bonds is 5. The van der Waals surface area contributed by atoms with E-state index in [0.29, 0.717) is 34.0 Å². The molecule has 7 heteroatoms. The Morgan fingerprint density at radius 1 is 1.52 bits per heavy atom. The number of nitrogens with one attached hydrogen (secondary N) is 1. The number of fused-ring (bicyclic) bond motifs is 1. The summed E-state index contributed by atoms with van der Waals surface area (Å²) in [6.07, 6.45) is 5.68. The molecule has 1 amide bonds. The smallest absolute Gasteiger partial charge is 0.265 e. The first-order valence-corrected chi connectivity index (χ1v) is 9.25. The molecule has 25 heavy (non-hydrogen) atoms. The second kappa shape index (κ2) is 7.41. The van der Waals surface area contributed by atoms with Gasteiger partial charge in [0, 0.05) is 23.6 Å². The van der Waals surface area contributed by atoms with Crippen LogP contribution in [-0.2, 0) is 4.74 Å². The zero-order valence-electron chi connectivity index (χ0n) is 13.7. The van der Waals surface area contributed by atoms with Crippen molar-refractivity contribution >= 4 is 43.3 Å². The van der Waals surface area contributed by atoms with E-state index in [1.807, 2.05) is 6.07 Å². The van der Waals surface area contributed by atoms with Gasteiger partial charge in [0.05, 0.1) is 24.5 Å². The molecule has 5 nitrogen and oxygen atoms in total. The van der Waals surface area contributed by atoms with Gasteiger partial charge < -0.3 is 14.8 Å². The molecule has 0 aliphatic carbocycles. The van der Waals surface area contributed by atoms with Gasteiger partial charge in [-0.15, -0.1) is 11.3 Å². The highest BCUT2D eigenvalue weighted by molar-refractivity contribution is 9.10. The zero-order chi connectivity index (χ0) is 18.0. The van der Waals surface area contributed by atoms with Crippen LogP contribution in [0.25, 0.3) is 10.1 Å². The second-order valence-electron chi connectivity index (χ2n) is 5.33. The number of carbonyl (C=O) groups is 1. The van der Waals surface area contributed by atoms with Gasteiger partial charge >= 0.3 is 0 Å². The minimum Gasteiger partial charge on any atom is -0.494 e. The third-order valence-corrected chi connectivity index (χ3v) is 6.02. The van der Waals surface area contributed by atoms with Crippen LogP contribution in [0.2, 0.25) is 0 Å². The summed E-state index contributed by atoms with van der Waals surface area (Å²) in [5.41, 5.74) is 0.831. The Kier molecular flexibility index (Phi) is 5.24. The lowest BCUT2D eigenvalue weighted by Crippen LogP contribution is -2.39. The van der Waals surface area contributed by atoms with E-state index in [-0.39, 0.29) is 11.9 Å². The first-order chi connectivity index (χ1) is 12.1. The summed E-state index contributed by atoms with van der Waals surface area (Å²) >= 11 is 4.77. The van der Waals surface area contributed by atoms with Crippen molar-refractivity contribution in [1.82, 2.24) is 10.3 Å². The predicted octanol–water partition coefficient (Wildman–Crippen LogP) is 4.21. The van der Waals surface area contributed by atoms with Crippen LogP contribution in [0.5, 0.6) is 5.75 Å². The van der Waals surface area contributed by atoms with E-state index in [2.05, 4.69) is 39.4 Å². The molecular formula is C18H17BrN2O3S. The van der Waals surface area contributed by atoms with Gasteiger partial charge in [-0.1, -0.05) is 19.2 Å². The molecule has 0 aromatic carbocycles. The van der Waals surface area contributed by atoms with E-state index in [0.717, 1.165) is 15.7 Å². The molecule has 1 aliphatic rings. The number of allylic oxidation sites excluding steroid dienone is 1. The Morgan fingerprint density at radius 2 is 2.32 bits per heavy atom. The zero-order valence-corrected chi connectivity index (χ0v) is 16.1. The Morgan fingerprint density at radius 3 is 3.00 bits per heavy atom. The molecular weight excluding hydrogens is 404 g/mol. The SMILES string of the molecule is C=CC1=C(C=C)C(NC(=O)c2sc3c(Br)nccc3c2OC)CCO1. The Bertz CT molecular complexity index is 888. The number of hydrogen-bond donors (Lipinski definition) is 1. The van der Waals surface area contributed by atoms with Crippen LogP contribution < -0.4 is 10.1 Å². The topological polar surface area (TPSA) is 60.5 Å². The number of carbonyl (C=O) groups excluding carboxylic acids is 1. The maximum Gasteiger partial charge on any atom is 0.265 e. The highest BCUT2D eigenvalue weighted by Crippen LogP contribution is 2.40. The van der Waals surface area contributed by atoms with Crippen molar-refractivity contribution in [2.45, 2.75) is 12.5 Å². The van der Waals surface area contributed by atoms with E-state index >= 15 is 0 Å². The van der Waals surface area contributed by atoms with Crippen molar-refractivity contribution < 1.29 is 14.3 Å². The summed E-state index contributed by atoms with van der Waals surface area (Å²) in [6.45, 7) is 8.08. The minimum atomic E-state index is -0.195. The molecule has 1 aliphatic heterocycles. The van der Waals surface area contributed by atoms with E-state index in [1.165, 1.54) is 11.3 Å². The Hall–Kier alpha value is -2.12. The van der Waals surface area contributed by atoms with E-state index < -0.39 is 0 Å². The lowest BCUT2D eigenvalue weighted by Gasteiger charge is -2.26. The molecule has 0 saturated carbocycles. The molecule has 1 unspecified atom stereocenters. The predicted molar refractivity (Wildman–Crippen MR) is 103 cm³/mol. The monoisotopic (exact) mass is 420 g/mol. The molecule has 3 heterocycles. The first kappa shape index (κ1) is 17.7. The van der Waals surface area contributed by atoms with E-state index in [9.17, 15) is 4.79 Å². The van der Waals surface area contributed by atoms with Crippen LogP contribution in [0.15, 0.2) is 53.5 Å². The van der Waals surface area contributed by atoms with Crippen molar-refractivity contribution in [3.8, 4) is 5.75 Å². The van der Waals surface area contributed by atoms with Crippen LogP contribution in [0.3, 0.4) is 0 Å². The Labute approximate surface area is 158 Å². The number of thiophene rings is 1. The van der Waals surface area contributed by atoms with Crippen molar-refractivity contribution in [2.75, 3.05) is 13.7 Å². The summed E-state index contributed by atoms with van der Waals surface area (Å²) in [7, 11) is 1.56. The first-order valence-electron chi connectivity index (χ1n) is 7.64. The normalized spacial score (nSPS) is 17.1. The summed E-state index contributed by atoms with van der Waals surface area (Å²) < 4.78 is 12.6. The summed E-state index contributed by atoms with van der Waals surface area (Å²) in [5, 5.41) is 3.91. The average Bonchev–Trinajstić information content (AvgIpc) is 3.01. The number of hydrogen-bond acceptors (Lipinski definition) is 5. The molecule has 1 N–H and O–H groups in total. The van der Waals surface area contributed by atoms with E-state index in [4.69, 9.17) is 9.47 Å². The van der Waals surface area contributed by atoms with Gasteiger partial charge in [0.25, 0.3) is 5.91 Å². The number of aromatic nitrogens is 1. The van der Waals surface area contributed by atoms with Crippen LogP contribution in [0.4, 0.5) is 0 Å². The fourth-order valence-corrected chi connectivity index (χ4v) is 4.44. The van der Waals surface area contributed by atoms with Gasteiger partial charge in [0.15, 0.2) is 0 Å². The van der Waals surface area contributed by atoms with Gasteiger partial charge in [0.2, 0.25) is 0 Å². The van der Waals surface area contributed by atoms with Crippen LogP contribution in [0.1, 0.15) is 16.1 Å². The number of ether oxygens (including phenoxy) is 2. The summed E-state index contributed by atoms with van der Waals surface area (Å²) in [4.78, 5) is 17.6. The molecule has 0 fully saturated rings. The molecule has 0 saturated heterocycles. The quantitative estimate of drug-likeness (QED) is 0.735. The highest BCUT2D eigenvalue weighted by Gasteiger charge is 2.27. The highest BCUT2D eigenvalue weighted by atomic mass is 79.9. The number of amides is 1. The third-order valence-electron chi connectivity index (χ3n) is 3.96. The van der Waals surface area contributed by atoms with Crippen LogP contribution >= 0.6 is 27.3 Å². The van der Waals surface area contributed by atoms with Crippen LogP contribution in [-0.4, -0.2) is 30.6 Å². The van der Waals surface area contributed by atoms with Gasteiger partial charge in [-0.05, 0) is 28.1 Å². The van der Waals surface area contributed by atoms with Gasteiger partial charge in [-0.2, -0.15) is 0 Å². The molecule has 1 atom stereocenters. The molecule has 3 rings (SSSR count). The number of methoxy groups -OCH3 is 1. The number of pyridine rings is 1. The van der Waals surface area contributed by atoms with Crippen molar-refractivity contribution in [1.29, 1.82) is 0 Å². The molecule has 0 bridgehead atoms. The fourth-order valence-electron chi connectivity index (χ4n) is 2.81. The van der Waals surface area contributed by atoms with Crippen molar-refractivity contribution in [2.24, 2.45) is 0 Å². The molecule has 0 spiro atoms. The van der Waals surface area contributed by atoms with Crippen LogP contribution in [0, 0.1) is 0 Å². The largest absolute Gasteiger partial charge is 0.494 e. The average molecular weight is 421 g/mol. The second-order valence-corrected chi connectivity index (χ2v) is 7.11. The fraction of sp³-hybridized carbons (Fsp3) is 0.222. The maximum atomic E-state index is 12.9. The Balaban J connectivity index is 1.96. The van der Waals surface area contributed by atoms with Gasteiger partial charge in [0.1, 0.15) is 21.0 Å². The third kappa shape index (κ3) is 3.21. The van der Waals surface area contributed by atoms with Crippen molar-refractivity contribution in [3.05, 3.63) is 58.4 Å². The van der Waals surface area contributed by atoms with Gasteiger partial charge in [-0.25, -0.2) is 4.98 Å². The molecule has 130 valence electrons. The van der Waals surface area contributed by atoms with Gasteiger partial charge in [-0.3, -0.25) is 4.79 Å². The molecule has 0 radical (unpaired) electrons.